The molecule has 3 nitrogen and oxygen atoms in total. The molecule has 1 aromatic heterocycles. The first-order valence-electron chi connectivity index (χ1n) is 4.54. The highest BCUT2D eigenvalue weighted by atomic mass is 79.9. The Hall–Kier alpha value is -0.980. The van der Waals surface area contributed by atoms with Crippen molar-refractivity contribution >= 4 is 15.9 Å². The van der Waals surface area contributed by atoms with Gasteiger partial charge < -0.3 is 0 Å². The van der Waals surface area contributed by atoms with Gasteiger partial charge in [-0.05, 0) is 28.1 Å². The Morgan fingerprint density at radius 1 is 1.31 bits per heavy atom. The van der Waals surface area contributed by atoms with Crippen LogP contribution in [-0.4, -0.2) is 17.7 Å². The molecule has 86 valence electrons. The number of alkyl halides is 3. The highest BCUT2D eigenvalue weighted by molar-refractivity contribution is 9.10. The van der Waals surface area contributed by atoms with Crippen molar-refractivity contribution in [3.63, 3.8) is 0 Å². The van der Waals surface area contributed by atoms with Crippen LogP contribution in [0.4, 0.5) is 13.2 Å². The third kappa shape index (κ3) is 1.73. The lowest BCUT2D eigenvalue weighted by molar-refractivity contribution is -0.189. The predicted molar refractivity (Wildman–Crippen MR) is 54.0 cm³/mol. The molecule has 16 heavy (non-hydrogen) atoms. The van der Waals surface area contributed by atoms with Crippen LogP contribution in [0.3, 0.4) is 0 Å². The smallest absolute Gasteiger partial charge is 0.243 e. The molecule has 0 saturated carbocycles. The van der Waals surface area contributed by atoms with Gasteiger partial charge in [0.2, 0.25) is 5.54 Å². The molecule has 1 aliphatic rings. The first-order valence-corrected chi connectivity index (χ1v) is 5.33. The summed E-state index contributed by atoms with van der Waals surface area (Å²) in [5, 5.41) is 6.83. The van der Waals surface area contributed by atoms with Gasteiger partial charge in [0, 0.05) is 6.42 Å². The predicted octanol–water partition coefficient (Wildman–Crippen LogP) is 3.46. The van der Waals surface area contributed by atoms with Crippen molar-refractivity contribution in [2.75, 3.05) is 6.54 Å². The normalized spacial score (nSPS) is 25.0. The molecule has 1 unspecified atom stereocenters. The fraction of sp³-hybridized carbons (Fsp3) is 0.444. The quantitative estimate of drug-likeness (QED) is 0.731. The van der Waals surface area contributed by atoms with Crippen molar-refractivity contribution in [3.8, 4) is 0 Å². The molecule has 7 heteroatoms. The highest BCUT2D eigenvalue weighted by Gasteiger charge is 2.59. The van der Waals surface area contributed by atoms with Gasteiger partial charge in [-0.2, -0.15) is 23.4 Å². The largest absolute Gasteiger partial charge is 0.421 e. The lowest BCUT2D eigenvalue weighted by Gasteiger charge is -2.26. The summed E-state index contributed by atoms with van der Waals surface area (Å²) in [6, 6.07) is 4.40. The van der Waals surface area contributed by atoms with E-state index in [9.17, 15) is 13.2 Å². The third-order valence-corrected chi connectivity index (χ3v) is 2.86. The van der Waals surface area contributed by atoms with Crippen LogP contribution in [0.2, 0.25) is 0 Å². The zero-order valence-electron chi connectivity index (χ0n) is 8.00. The van der Waals surface area contributed by atoms with E-state index in [0.29, 0.717) is 4.60 Å². The Labute approximate surface area is 97.9 Å². The first kappa shape index (κ1) is 11.5. The Kier molecular flexibility index (Phi) is 2.73. The number of azo groups is 1. The Morgan fingerprint density at radius 3 is 2.56 bits per heavy atom. The van der Waals surface area contributed by atoms with Gasteiger partial charge in [-0.15, -0.1) is 0 Å². The summed E-state index contributed by atoms with van der Waals surface area (Å²) in [7, 11) is 0. The summed E-state index contributed by atoms with van der Waals surface area (Å²) < 4.78 is 39.4. The number of halogens is 4. The van der Waals surface area contributed by atoms with Gasteiger partial charge in [0.25, 0.3) is 0 Å². The number of hydrogen-bond acceptors (Lipinski definition) is 3. The molecule has 1 aromatic rings. The Balaban J connectivity index is 2.53. The van der Waals surface area contributed by atoms with E-state index in [1.54, 1.807) is 6.07 Å². The lowest BCUT2D eigenvalue weighted by atomic mass is 9.92. The molecule has 0 spiro atoms. The van der Waals surface area contributed by atoms with E-state index in [1.165, 1.54) is 12.1 Å². The monoisotopic (exact) mass is 293 g/mol. The van der Waals surface area contributed by atoms with Crippen molar-refractivity contribution in [1.29, 1.82) is 0 Å². The van der Waals surface area contributed by atoms with Crippen molar-refractivity contribution < 1.29 is 13.2 Å². The molecule has 0 aromatic carbocycles. The molecule has 1 aliphatic heterocycles. The number of rotatable bonds is 1. The van der Waals surface area contributed by atoms with Crippen LogP contribution in [0.1, 0.15) is 12.1 Å². The second kappa shape index (κ2) is 3.80. The molecule has 0 fully saturated rings. The highest BCUT2D eigenvalue weighted by Crippen LogP contribution is 2.47. The average Bonchev–Trinajstić information content (AvgIpc) is 2.66. The van der Waals surface area contributed by atoms with Crippen molar-refractivity contribution in [3.05, 3.63) is 28.5 Å². The molecule has 0 saturated heterocycles. The zero-order valence-corrected chi connectivity index (χ0v) is 9.59. The molecule has 0 amide bonds. The number of hydrogen-bond donors (Lipinski definition) is 0. The minimum atomic E-state index is -4.47. The van der Waals surface area contributed by atoms with E-state index in [2.05, 4.69) is 31.1 Å². The summed E-state index contributed by atoms with van der Waals surface area (Å²) in [5.41, 5.74) is -2.38. The van der Waals surface area contributed by atoms with Crippen LogP contribution in [0, 0.1) is 0 Å². The van der Waals surface area contributed by atoms with Crippen molar-refractivity contribution in [1.82, 2.24) is 4.98 Å². The molecule has 0 bridgehead atoms. The van der Waals surface area contributed by atoms with Crippen LogP contribution < -0.4 is 0 Å². The van der Waals surface area contributed by atoms with Gasteiger partial charge in [0.1, 0.15) is 4.60 Å². The Bertz CT molecular complexity index is 432. The maximum Gasteiger partial charge on any atom is 0.421 e. The van der Waals surface area contributed by atoms with Crippen LogP contribution in [0.5, 0.6) is 0 Å². The molecule has 2 rings (SSSR count). The van der Waals surface area contributed by atoms with E-state index in [4.69, 9.17) is 0 Å². The summed E-state index contributed by atoms with van der Waals surface area (Å²) in [5.74, 6) is 0. The molecular formula is C9H7BrF3N3. The van der Waals surface area contributed by atoms with Gasteiger partial charge in [0.05, 0.1) is 12.2 Å². The van der Waals surface area contributed by atoms with E-state index >= 15 is 0 Å². The fourth-order valence-electron chi connectivity index (χ4n) is 1.59. The second-order valence-electron chi connectivity index (χ2n) is 3.42. The lowest BCUT2D eigenvalue weighted by Crippen LogP contribution is -2.40. The maximum atomic E-state index is 13.0. The SMILES string of the molecule is FC(F)(F)C1(c2cccc(Br)n2)CCN=N1. The van der Waals surface area contributed by atoms with Gasteiger partial charge in [-0.25, -0.2) is 4.98 Å². The summed E-state index contributed by atoms with van der Waals surface area (Å²) >= 11 is 3.05. The van der Waals surface area contributed by atoms with Crippen LogP contribution in [-0.2, 0) is 5.54 Å². The topological polar surface area (TPSA) is 37.6 Å². The van der Waals surface area contributed by atoms with Gasteiger partial charge in [0.15, 0.2) is 0 Å². The number of pyridine rings is 1. The summed E-state index contributed by atoms with van der Waals surface area (Å²) in [6.07, 6.45) is -4.65. The first-order chi connectivity index (χ1) is 7.46. The molecule has 0 aliphatic carbocycles. The van der Waals surface area contributed by atoms with Gasteiger partial charge >= 0.3 is 6.18 Å². The minimum Gasteiger partial charge on any atom is -0.243 e. The third-order valence-electron chi connectivity index (χ3n) is 2.42. The summed E-state index contributed by atoms with van der Waals surface area (Å²) in [6.45, 7) is 0.0771. The van der Waals surface area contributed by atoms with E-state index in [0.717, 1.165) is 0 Å². The van der Waals surface area contributed by atoms with Crippen molar-refractivity contribution in [2.45, 2.75) is 18.1 Å². The van der Waals surface area contributed by atoms with E-state index in [-0.39, 0.29) is 18.7 Å². The molecule has 2 heterocycles. The minimum absolute atomic E-state index is 0.0771. The molecular weight excluding hydrogens is 287 g/mol. The number of aromatic nitrogens is 1. The average molecular weight is 294 g/mol. The van der Waals surface area contributed by atoms with Gasteiger partial charge in [-0.3, -0.25) is 0 Å². The van der Waals surface area contributed by atoms with Crippen LogP contribution in [0.25, 0.3) is 0 Å². The summed E-state index contributed by atoms with van der Waals surface area (Å²) in [4.78, 5) is 3.84. The van der Waals surface area contributed by atoms with Gasteiger partial charge in [-0.1, -0.05) is 6.07 Å². The fourth-order valence-corrected chi connectivity index (χ4v) is 1.94. The van der Waals surface area contributed by atoms with Crippen LogP contribution in [0.15, 0.2) is 33.0 Å². The van der Waals surface area contributed by atoms with E-state index in [1.807, 2.05) is 0 Å². The molecule has 1 atom stereocenters. The Morgan fingerprint density at radius 2 is 2.06 bits per heavy atom. The number of nitrogens with zero attached hydrogens (tertiary/aromatic N) is 3. The zero-order chi connectivity index (χ0) is 11.8. The molecule has 0 N–H and O–H groups in total. The second-order valence-corrected chi connectivity index (χ2v) is 4.23. The van der Waals surface area contributed by atoms with Crippen LogP contribution >= 0.6 is 15.9 Å². The standard InChI is InChI=1S/C9H7BrF3N3/c10-7-3-1-2-6(15-7)8(9(11,12)13)4-5-14-16-8/h1-3H,4-5H2. The molecule has 0 radical (unpaired) electrons. The van der Waals surface area contributed by atoms with E-state index < -0.39 is 11.7 Å². The maximum absolute atomic E-state index is 13.0. The van der Waals surface area contributed by atoms with Crippen molar-refractivity contribution in [2.24, 2.45) is 10.2 Å².